The number of halogens is 2. The van der Waals surface area contributed by atoms with Gasteiger partial charge >= 0.3 is 0 Å². The number of rotatable bonds is 4. The predicted molar refractivity (Wildman–Crippen MR) is 88.3 cm³/mol. The molecule has 0 bridgehead atoms. The van der Waals surface area contributed by atoms with Gasteiger partial charge in [-0.2, -0.15) is 0 Å². The van der Waals surface area contributed by atoms with Crippen LogP contribution in [0.1, 0.15) is 31.1 Å². The molecule has 2 atom stereocenters. The first-order valence-electron chi connectivity index (χ1n) is 7.64. The van der Waals surface area contributed by atoms with Crippen LogP contribution in [-0.4, -0.2) is 18.9 Å². The van der Waals surface area contributed by atoms with Gasteiger partial charge in [0.1, 0.15) is 17.7 Å². The lowest BCUT2D eigenvalue weighted by atomic mass is 9.99. The van der Waals surface area contributed by atoms with Crippen molar-refractivity contribution in [3.05, 3.63) is 64.4 Å². The molecule has 1 N–H and O–H groups in total. The third-order valence-corrected chi connectivity index (χ3v) is 3.92. The van der Waals surface area contributed by atoms with Crippen molar-refractivity contribution in [1.82, 2.24) is 5.32 Å². The van der Waals surface area contributed by atoms with Gasteiger partial charge in [0.2, 0.25) is 6.29 Å². The number of nitrogens with one attached hydrogen (secondary N) is 1. The standard InChI is InChI=1S/C18H19ClFNO2/c1-11(2)21-10-17-22-16-8-7-12(19)9-14(16)18(23-17)13-5-3-4-6-15(13)20/h3-9,11,17-18,21H,10H2,1-2H3. The molecule has 0 radical (unpaired) electrons. The van der Waals surface area contributed by atoms with Crippen LogP contribution in [0.25, 0.3) is 0 Å². The summed E-state index contributed by atoms with van der Waals surface area (Å²) in [6.45, 7) is 4.61. The molecule has 3 rings (SSSR count). The van der Waals surface area contributed by atoms with E-state index in [1.54, 1.807) is 36.4 Å². The summed E-state index contributed by atoms with van der Waals surface area (Å²) in [4.78, 5) is 0. The molecular weight excluding hydrogens is 317 g/mol. The molecule has 0 amide bonds. The summed E-state index contributed by atoms with van der Waals surface area (Å²) in [6, 6.07) is 12.2. The van der Waals surface area contributed by atoms with Crippen molar-refractivity contribution in [1.29, 1.82) is 0 Å². The Morgan fingerprint density at radius 3 is 2.70 bits per heavy atom. The van der Waals surface area contributed by atoms with Gasteiger partial charge in [0, 0.05) is 22.2 Å². The molecule has 1 heterocycles. The first-order chi connectivity index (χ1) is 11.0. The molecule has 1 aliphatic heterocycles. The highest BCUT2D eigenvalue weighted by molar-refractivity contribution is 6.30. The van der Waals surface area contributed by atoms with Crippen molar-refractivity contribution in [3.63, 3.8) is 0 Å². The van der Waals surface area contributed by atoms with Crippen LogP contribution in [0.15, 0.2) is 42.5 Å². The van der Waals surface area contributed by atoms with E-state index >= 15 is 0 Å². The minimum absolute atomic E-state index is 0.305. The lowest BCUT2D eigenvalue weighted by Gasteiger charge is -2.33. The second kappa shape index (κ2) is 6.87. The van der Waals surface area contributed by atoms with Crippen LogP contribution in [0.2, 0.25) is 5.02 Å². The first kappa shape index (κ1) is 16.2. The van der Waals surface area contributed by atoms with Gasteiger partial charge in [-0.15, -0.1) is 0 Å². The molecule has 1 aliphatic rings. The highest BCUT2D eigenvalue weighted by Gasteiger charge is 2.31. The average molecular weight is 336 g/mol. The number of fused-ring (bicyclic) bond motifs is 1. The van der Waals surface area contributed by atoms with Gasteiger partial charge < -0.3 is 14.8 Å². The molecule has 5 heteroatoms. The van der Waals surface area contributed by atoms with Crippen LogP contribution < -0.4 is 10.1 Å². The molecule has 0 spiro atoms. The van der Waals surface area contributed by atoms with Crippen molar-refractivity contribution >= 4 is 11.6 Å². The maximum atomic E-state index is 14.2. The topological polar surface area (TPSA) is 30.5 Å². The Morgan fingerprint density at radius 1 is 1.17 bits per heavy atom. The molecule has 2 aromatic rings. The zero-order valence-electron chi connectivity index (χ0n) is 13.1. The van der Waals surface area contributed by atoms with Gasteiger partial charge in [-0.3, -0.25) is 0 Å². The lowest BCUT2D eigenvalue weighted by Crippen LogP contribution is -2.40. The Bertz CT molecular complexity index is 692. The van der Waals surface area contributed by atoms with E-state index in [9.17, 15) is 4.39 Å². The summed E-state index contributed by atoms with van der Waals surface area (Å²) in [6.07, 6.45) is -1.03. The molecular formula is C18H19ClFNO2. The molecule has 3 nitrogen and oxygen atoms in total. The molecule has 0 fully saturated rings. The maximum Gasteiger partial charge on any atom is 0.213 e. The van der Waals surface area contributed by atoms with Crippen molar-refractivity contribution in [3.8, 4) is 5.75 Å². The van der Waals surface area contributed by atoms with Crippen LogP contribution in [0.4, 0.5) is 4.39 Å². The van der Waals surface area contributed by atoms with E-state index in [1.807, 2.05) is 13.8 Å². The van der Waals surface area contributed by atoms with E-state index < -0.39 is 12.4 Å². The van der Waals surface area contributed by atoms with Crippen LogP contribution in [0.3, 0.4) is 0 Å². The Balaban J connectivity index is 1.96. The molecule has 23 heavy (non-hydrogen) atoms. The van der Waals surface area contributed by atoms with Crippen molar-refractivity contribution < 1.29 is 13.9 Å². The molecule has 122 valence electrons. The lowest BCUT2D eigenvalue weighted by molar-refractivity contribution is -0.125. The van der Waals surface area contributed by atoms with E-state index in [4.69, 9.17) is 21.1 Å². The van der Waals surface area contributed by atoms with E-state index in [0.29, 0.717) is 28.9 Å². The van der Waals surface area contributed by atoms with Gasteiger partial charge in [0.25, 0.3) is 0 Å². The van der Waals surface area contributed by atoms with Crippen molar-refractivity contribution in [2.75, 3.05) is 6.54 Å². The summed E-state index contributed by atoms with van der Waals surface area (Å²) in [7, 11) is 0. The zero-order chi connectivity index (χ0) is 16.4. The third-order valence-electron chi connectivity index (χ3n) is 3.68. The summed E-state index contributed by atoms with van der Waals surface area (Å²) in [5.41, 5.74) is 1.22. The van der Waals surface area contributed by atoms with Gasteiger partial charge in [-0.25, -0.2) is 4.39 Å². The Labute approximate surface area is 140 Å². The van der Waals surface area contributed by atoms with Crippen molar-refractivity contribution in [2.24, 2.45) is 0 Å². The predicted octanol–water partition coefficient (Wildman–Crippen LogP) is 4.30. The Kier molecular flexibility index (Phi) is 4.85. The van der Waals surface area contributed by atoms with Crippen LogP contribution in [-0.2, 0) is 4.74 Å². The summed E-state index contributed by atoms with van der Waals surface area (Å²) < 4.78 is 26.1. The minimum Gasteiger partial charge on any atom is -0.463 e. The van der Waals surface area contributed by atoms with Gasteiger partial charge in [-0.1, -0.05) is 43.6 Å². The third kappa shape index (κ3) is 3.66. The normalized spacial score (nSPS) is 20.2. The largest absolute Gasteiger partial charge is 0.463 e. The number of hydrogen-bond acceptors (Lipinski definition) is 3. The SMILES string of the molecule is CC(C)NCC1Oc2ccc(Cl)cc2C(c2ccccc2F)O1. The highest BCUT2D eigenvalue weighted by Crippen LogP contribution is 2.40. The monoisotopic (exact) mass is 335 g/mol. The van der Waals surface area contributed by atoms with E-state index in [1.165, 1.54) is 6.07 Å². The Morgan fingerprint density at radius 2 is 1.96 bits per heavy atom. The number of hydrogen-bond donors (Lipinski definition) is 1. The molecule has 0 saturated heterocycles. The molecule has 0 aliphatic carbocycles. The van der Waals surface area contributed by atoms with Gasteiger partial charge in [-0.05, 0) is 24.3 Å². The smallest absolute Gasteiger partial charge is 0.213 e. The highest BCUT2D eigenvalue weighted by atomic mass is 35.5. The number of benzene rings is 2. The molecule has 2 aromatic carbocycles. The quantitative estimate of drug-likeness (QED) is 0.903. The van der Waals surface area contributed by atoms with E-state index in [2.05, 4.69) is 5.32 Å². The second-order valence-corrected chi connectivity index (χ2v) is 6.27. The van der Waals surface area contributed by atoms with Crippen molar-refractivity contribution in [2.45, 2.75) is 32.3 Å². The minimum atomic E-state index is -0.544. The fraction of sp³-hybridized carbons (Fsp3) is 0.333. The average Bonchev–Trinajstić information content (AvgIpc) is 2.53. The van der Waals surface area contributed by atoms with E-state index in [-0.39, 0.29) is 5.82 Å². The van der Waals surface area contributed by atoms with Gasteiger partial charge in [0.05, 0.1) is 6.54 Å². The summed E-state index contributed by atoms with van der Waals surface area (Å²) in [5, 5.41) is 3.84. The maximum absolute atomic E-state index is 14.2. The zero-order valence-corrected chi connectivity index (χ0v) is 13.8. The molecule has 0 saturated carbocycles. The summed E-state index contributed by atoms with van der Waals surface area (Å²) in [5.74, 6) is 0.366. The van der Waals surface area contributed by atoms with Gasteiger partial charge in [0.15, 0.2) is 0 Å². The first-order valence-corrected chi connectivity index (χ1v) is 8.02. The van der Waals surface area contributed by atoms with Crippen LogP contribution in [0, 0.1) is 5.82 Å². The van der Waals surface area contributed by atoms with Crippen LogP contribution in [0.5, 0.6) is 5.75 Å². The fourth-order valence-corrected chi connectivity index (χ4v) is 2.76. The second-order valence-electron chi connectivity index (χ2n) is 5.83. The Hall–Kier alpha value is -1.62. The molecule has 0 aromatic heterocycles. The van der Waals surface area contributed by atoms with E-state index in [0.717, 1.165) is 5.56 Å². The molecule has 2 unspecified atom stereocenters. The summed E-state index contributed by atoms with van der Waals surface area (Å²) >= 11 is 6.09. The fourth-order valence-electron chi connectivity index (χ4n) is 2.58. The van der Waals surface area contributed by atoms with Crippen LogP contribution >= 0.6 is 11.6 Å². The number of ether oxygens (including phenoxy) is 2.